The third-order valence-corrected chi connectivity index (χ3v) is 14.8. The SMILES string of the molecule is CCOc1ccc2c(c1)CC(NCCCCO)C(=O)N2c1ccc2c(c1)[C@]1(O[C@@H](CC(=O)N(CCO)Cc3ccccc3)[C@H]([Si](C)(C)O)[C@H]1C)C(=O)N2CCCCC(=O)OC. The molecule has 0 bridgehead atoms. The Morgan fingerprint density at radius 1 is 0.984 bits per heavy atom. The first-order chi connectivity index (χ1) is 29.3. The van der Waals surface area contributed by atoms with Crippen LogP contribution in [0.2, 0.25) is 18.6 Å². The minimum Gasteiger partial charge on any atom is -0.494 e. The molecule has 1 spiro atoms. The summed E-state index contributed by atoms with van der Waals surface area (Å²) in [7, 11) is -1.83. The number of methoxy groups -OCH3 is 1. The fraction of sp³-hybridized carbons (Fsp3) is 0.522. The van der Waals surface area contributed by atoms with Crippen molar-refractivity contribution in [2.24, 2.45) is 5.92 Å². The van der Waals surface area contributed by atoms with E-state index >= 15 is 4.79 Å². The average Bonchev–Trinajstić information content (AvgIpc) is 3.66. The second-order valence-corrected chi connectivity index (χ2v) is 20.8. The van der Waals surface area contributed by atoms with Gasteiger partial charge in [-0.05, 0) is 106 Å². The van der Waals surface area contributed by atoms with Gasteiger partial charge in [-0.15, -0.1) is 0 Å². The molecule has 0 radical (unpaired) electrons. The van der Waals surface area contributed by atoms with E-state index in [-0.39, 0.29) is 69.4 Å². The molecule has 3 aliphatic rings. The molecule has 3 aromatic carbocycles. The molecule has 0 saturated carbocycles. The van der Waals surface area contributed by atoms with Crippen LogP contribution in [0.15, 0.2) is 66.7 Å². The van der Waals surface area contributed by atoms with Crippen LogP contribution >= 0.6 is 0 Å². The normalized spacial score (nSPS) is 22.1. The number of hydrogen-bond donors (Lipinski definition) is 4. The lowest BCUT2D eigenvalue weighted by Gasteiger charge is -2.36. The van der Waals surface area contributed by atoms with Crippen molar-refractivity contribution in [3.63, 3.8) is 0 Å². The zero-order valence-corrected chi connectivity index (χ0v) is 37.1. The predicted octanol–water partition coefficient (Wildman–Crippen LogP) is 4.94. The summed E-state index contributed by atoms with van der Waals surface area (Å²) in [5.41, 5.74) is 2.00. The molecule has 3 aromatic rings. The van der Waals surface area contributed by atoms with E-state index < -0.39 is 37.5 Å². The van der Waals surface area contributed by atoms with Crippen LogP contribution in [0, 0.1) is 5.92 Å². The zero-order chi connectivity index (χ0) is 43.9. The summed E-state index contributed by atoms with van der Waals surface area (Å²) in [4.78, 5) is 72.9. The maximum Gasteiger partial charge on any atom is 0.305 e. The first kappa shape index (κ1) is 45.9. The Balaban J connectivity index is 1.42. The van der Waals surface area contributed by atoms with Crippen LogP contribution in [-0.2, 0) is 47.2 Å². The Bertz CT molecular complexity index is 2030. The van der Waals surface area contributed by atoms with Gasteiger partial charge in [0.1, 0.15) is 5.75 Å². The number of esters is 1. The molecular weight excluding hydrogens is 797 g/mol. The van der Waals surface area contributed by atoms with Crippen molar-refractivity contribution in [2.75, 3.05) is 56.4 Å². The van der Waals surface area contributed by atoms with Crippen LogP contribution in [0.3, 0.4) is 0 Å². The van der Waals surface area contributed by atoms with E-state index in [0.29, 0.717) is 73.6 Å². The molecule has 3 heterocycles. The van der Waals surface area contributed by atoms with Crippen molar-refractivity contribution >= 4 is 49.1 Å². The molecule has 6 rings (SSSR count). The van der Waals surface area contributed by atoms with E-state index in [2.05, 4.69) is 5.32 Å². The highest BCUT2D eigenvalue weighted by Crippen LogP contribution is 2.60. The number of nitrogens with zero attached hydrogens (tertiary/aromatic N) is 3. The molecule has 5 atom stereocenters. The highest BCUT2D eigenvalue weighted by molar-refractivity contribution is 6.71. The summed E-state index contributed by atoms with van der Waals surface area (Å²) in [5, 5.41) is 22.8. The molecule has 1 saturated heterocycles. The van der Waals surface area contributed by atoms with Gasteiger partial charge in [0.25, 0.3) is 5.91 Å². The van der Waals surface area contributed by atoms with Gasteiger partial charge < -0.3 is 44.3 Å². The maximum atomic E-state index is 15.2. The number of rotatable bonds is 20. The van der Waals surface area contributed by atoms with Gasteiger partial charge in [-0.25, -0.2) is 0 Å². The molecule has 0 aromatic heterocycles. The van der Waals surface area contributed by atoms with Gasteiger partial charge in [-0.2, -0.15) is 0 Å². The van der Waals surface area contributed by atoms with Crippen LogP contribution in [0.4, 0.5) is 17.1 Å². The van der Waals surface area contributed by atoms with Gasteiger partial charge in [-0.3, -0.25) is 24.1 Å². The second-order valence-electron chi connectivity index (χ2n) is 16.8. The smallest absolute Gasteiger partial charge is 0.305 e. The molecule has 14 nitrogen and oxygen atoms in total. The number of unbranched alkanes of at least 4 members (excludes halogenated alkanes) is 2. The third-order valence-electron chi connectivity index (χ3n) is 12.3. The minimum atomic E-state index is -3.17. The fourth-order valence-electron chi connectivity index (χ4n) is 9.51. The van der Waals surface area contributed by atoms with Gasteiger partial charge >= 0.3 is 5.97 Å². The summed E-state index contributed by atoms with van der Waals surface area (Å²) < 4.78 is 17.8. The Labute approximate surface area is 359 Å². The molecular formula is C46H62N4O10Si. The monoisotopic (exact) mass is 858 g/mol. The summed E-state index contributed by atoms with van der Waals surface area (Å²) >= 11 is 0. The standard InChI is InChI=1S/C46H62N4O10Si/c1-6-59-35-18-20-38-33(26-35)27-37(47-21-11-13-24-51)44(55)50(38)34-17-19-39-36(28-34)46(45(56)49(39)22-12-10-16-42(54)58-3)31(2)43(61(4,5)57)40(60-46)29-41(53)48(23-25-52)30-32-14-8-7-9-15-32/h7-9,14-15,17-20,26,28,31,37,40,43,47,51-52,57H,6,10-13,16,21-25,27,29-30H2,1-5H3/t31-,37?,40+,43-,46+/m1/s1. The molecule has 3 aliphatic heterocycles. The number of carbonyl (C=O) groups excluding carboxylic acids is 4. The predicted molar refractivity (Wildman–Crippen MR) is 234 cm³/mol. The second kappa shape index (κ2) is 20.0. The lowest BCUT2D eigenvalue weighted by Crippen LogP contribution is -2.49. The molecule has 1 fully saturated rings. The average molecular weight is 859 g/mol. The molecule has 330 valence electrons. The van der Waals surface area contributed by atoms with Crippen LogP contribution in [-0.4, -0.2) is 111 Å². The number of aliphatic hydroxyl groups is 2. The molecule has 61 heavy (non-hydrogen) atoms. The number of amides is 3. The van der Waals surface area contributed by atoms with Crippen molar-refractivity contribution in [1.82, 2.24) is 10.2 Å². The Morgan fingerprint density at radius 3 is 2.43 bits per heavy atom. The minimum absolute atomic E-state index is 0.0613. The van der Waals surface area contributed by atoms with Crippen molar-refractivity contribution < 1.29 is 48.4 Å². The number of benzene rings is 3. The van der Waals surface area contributed by atoms with Crippen LogP contribution in [0.1, 0.15) is 69.1 Å². The highest BCUT2D eigenvalue weighted by Gasteiger charge is 2.66. The molecule has 4 N–H and O–H groups in total. The van der Waals surface area contributed by atoms with Crippen LogP contribution < -0.4 is 19.9 Å². The van der Waals surface area contributed by atoms with E-state index in [0.717, 1.165) is 11.1 Å². The quantitative estimate of drug-likeness (QED) is 0.0688. The Morgan fingerprint density at radius 2 is 1.74 bits per heavy atom. The number of ether oxygens (including phenoxy) is 3. The summed E-state index contributed by atoms with van der Waals surface area (Å²) in [6, 6.07) is 20.1. The third kappa shape index (κ3) is 9.72. The lowest BCUT2D eigenvalue weighted by atomic mass is 9.82. The highest BCUT2D eigenvalue weighted by atomic mass is 28.4. The number of aliphatic hydroxyl groups excluding tert-OH is 2. The first-order valence-corrected chi connectivity index (χ1v) is 24.6. The Kier molecular flexibility index (Phi) is 15.1. The van der Waals surface area contributed by atoms with Crippen LogP contribution in [0.25, 0.3) is 0 Å². The molecule has 1 unspecified atom stereocenters. The molecule has 0 aliphatic carbocycles. The summed E-state index contributed by atoms with van der Waals surface area (Å²) in [5.74, 6) is -1.00. The molecule has 3 amide bonds. The van der Waals surface area contributed by atoms with Gasteiger partial charge in [0.15, 0.2) is 13.9 Å². The fourth-order valence-corrected chi connectivity index (χ4v) is 12.1. The number of carbonyl (C=O) groups is 4. The van der Waals surface area contributed by atoms with E-state index in [1.165, 1.54) is 7.11 Å². The van der Waals surface area contributed by atoms with E-state index in [4.69, 9.17) is 14.2 Å². The van der Waals surface area contributed by atoms with Gasteiger partial charge in [0.05, 0.1) is 50.3 Å². The van der Waals surface area contributed by atoms with E-state index in [9.17, 15) is 29.4 Å². The number of fused-ring (bicyclic) bond motifs is 3. The van der Waals surface area contributed by atoms with Crippen molar-refractivity contribution in [1.29, 1.82) is 0 Å². The maximum absolute atomic E-state index is 15.2. The first-order valence-electron chi connectivity index (χ1n) is 21.6. The Hall–Kier alpha value is -4.64. The summed E-state index contributed by atoms with van der Waals surface area (Å²) in [6.45, 7) is 8.93. The number of nitrogens with one attached hydrogen (secondary N) is 1. The largest absolute Gasteiger partial charge is 0.494 e. The zero-order valence-electron chi connectivity index (χ0n) is 36.1. The summed E-state index contributed by atoms with van der Waals surface area (Å²) in [6.07, 6.45) is 1.96. The van der Waals surface area contributed by atoms with Crippen molar-refractivity contribution in [2.45, 2.75) is 102 Å². The van der Waals surface area contributed by atoms with E-state index in [1.807, 2.05) is 80.6 Å². The lowest BCUT2D eigenvalue weighted by molar-refractivity contribution is -0.150. The van der Waals surface area contributed by atoms with Gasteiger partial charge in [-0.1, -0.05) is 37.3 Å². The van der Waals surface area contributed by atoms with Crippen molar-refractivity contribution in [3.8, 4) is 5.75 Å². The van der Waals surface area contributed by atoms with Crippen molar-refractivity contribution in [3.05, 3.63) is 83.4 Å². The van der Waals surface area contributed by atoms with Gasteiger partial charge in [0, 0.05) is 55.4 Å². The molecule has 15 heteroatoms. The number of hydrogen-bond acceptors (Lipinski definition) is 11. The van der Waals surface area contributed by atoms with E-state index in [1.54, 1.807) is 27.8 Å². The van der Waals surface area contributed by atoms with Gasteiger partial charge in [0.2, 0.25) is 11.8 Å². The number of anilines is 3. The van der Waals surface area contributed by atoms with Crippen LogP contribution in [0.5, 0.6) is 5.75 Å². The topological polar surface area (TPSA) is 178 Å².